The highest BCUT2D eigenvalue weighted by Crippen LogP contribution is 2.26. The number of benzene rings is 2. The molecule has 0 saturated carbocycles. The number of anilines is 1. The largest absolute Gasteiger partial charge is 0.421 e. The van der Waals surface area contributed by atoms with Gasteiger partial charge in [-0.25, -0.2) is 8.42 Å². The Morgan fingerprint density at radius 1 is 0.829 bits per heavy atom. The van der Waals surface area contributed by atoms with Crippen molar-refractivity contribution in [1.82, 2.24) is 19.4 Å². The first kappa shape index (κ1) is 23.3. The lowest BCUT2D eigenvalue weighted by molar-refractivity contribution is -0.121. The van der Waals surface area contributed by atoms with Gasteiger partial charge in [0.05, 0.1) is 10.6 Å². The van der Waals surface area contributed by atoms with Gasteiger partial charge in [-0.15, -0.1) is 10.2 Å². The van der Waals surface area contributed by atoms with Gasteiger partial charge in [0, 0.05) is 57.5 Å². The molecule has 2 saturated heterocycles. The van der Waals surface area contributed by atoms with Gasteiger partial charge in [0.2, 0.25) is 33.6 Å². The predicted molar refractivity (Wildman–Crippen MR) is 127 cm³/mol. The molecule has 0 spiro atoms. The summed E-state index contributed by atoms with van der Waals surface area (Å²) >= 11 is 0. The molecule has 0 N–H and O–H groups in total. The second-order valence-corrected chi connectivity index (χ2v) is 10.4. The van der Waals surface area contributed by atoms with Gasteiger partial charge in [-0.1, -0.05) is 18.2 Å². The third-order valence-electron chi connectivity index (χ3n) is 6.24. The maximum absolute atomic E-state index is 13.1. The van der Waals surface area contributed by atoms with Crippen molar-refractivity contribution < 1.29 is 22.4 Å². The highest BCUT2D eigenvalue weighted by Gasteiger charge is 2.32. The van der Waals surface area contributed by atoms with Crippen LogP contribution in [0.5, 0.6) is 0 Å². The zero-order chi connectivity index (χ0) is 24.4. The van der Waals surface area contributed by atoms with Crippen LogP contribution in [0.3, 0.4) is 0 Å². The Bertz CT molecular complexity index is 1300. The summed E-state index contributed by atoms with van der Waals surface area (Å²) in [4.78, 5) is 27.3. The number of aromatic nitrogens is 2. The molecule has 0 aliphatic carbocycles. The van der Waals surface area contributed by atoms with Crippen molar-refractivity contribution in [2.45, 2.75) is 24.2 Å². The Morgan fingerprint density at radius 2 is 1.49 bits per heavy atom. The van der Waals surface area contributed by atoms with Crippen molar-refractivity contribution in [3.63, 3.8) is 0 Å². The number of rotatable bonds is 7. The first-order valence-electron chi connectivity index (χ1n) is 11.5. The number of piperazine rings is 1. The Balaban J connectivity index is 1.15. The molecular formula is C24H25N5O5S. The molecule has 3 heterocycles. The molecule has 3 aromatic rings. The fourth-order valence-electron chi connectivity index (χ4n) is 4.28. The summed E-state index contributed by atoms with van der Waals surface area (Å²) in [5.41, 5.74) is 1.27. The molecule has 2 aromatic carbocycles. The maximum Gasteiger partial charge on any atom is 0.247 e. The fourth-order valence-corrected chi connectivity index (χ4v) is 5.70. The van der Waals surface area contributed by atoms with Gasteiger partial charge >= 0.3 is 0 Å². The second-order valence-electron chi connectivity index (χ2n) is 8.48. The van der Waals surface area contributed by atoms with Gasteiger partial charge < -0.3 is 9.32 Å². The van der Waals surface area contributed by atoms with Crippen molar-refractivity contribution in [2.75, 3.05) is 37.6 Å². The van der Waals surface area contributed by atoms with Crippen LogP contribution < -0.4 is 4.90 Å². The smallest absolute Gasteiger partial charge is 0.247 e. The average Bonchev–Trinajstić information content (AvgIpc) is 3.50. The van der Waals surface area contributed by atoms with E-state index in [1.54, 1.807) is 0 Å². The van der Waals surface area contributed by atoms with Gasteiger partial charge in [-0.2, -0.15) is 4.31 Å². The number of nitrogens with zero attached hydrogens (tertiary/aromatic N) is 5. The predicted octanol–water partition coefficient (Wildman–Crippen LogP) is 1.94. The summed E-state index contributed by atoms with van der Waals surface area (Å²) in [5, 5.41) is 8.23. The molecule has 35 heavy (non-hydrogen) atoms. The highest BCUT2D eigenvalue weighted by molar-refractivity contribution is 7.89. The fraction of sp³-hybridized carbons (Fsp3) is 0.333. The minimum atomic E-state index is -3.67. The quantitative estimate of drug-likeness (QED) is 0.457. The zero-order valence-corrected chi connectivity index (χ0v) is 19.9. The van der Waals surface area contributed by atoms with E-state index < -0.39 is 10.0 Å². The summed E-state index contributed by atoms with van der Waals surface area (Å²) in [6.07, 6.45) is 0.954. The van der Waals surface area contributed by atoms with Gasteiger partial charge in [0.1, 0.15) is 0 Å². The van der Waals surface area contributed by atoms with Crippen LogP contribution in [-0.4, -0.2) is 72.4 Å². The monoisotopic (exact) mass is 495 g/mol. The highest BCUT2D eigenvalue weighted by atomic mass is 32.2. The average molecular weight is 496 g/mol. The van der Waals surface area contributed by atoms with Crippen LogP contribution in [-0.2, 0) is 26.0 Å². The van der Waals surface area contributed by atoms with E-state index in [0.29, 0.717) is 56.6 Å². The molecule has 0 atom stereocenters. The number of carbonyl (C=O) groups excluding carboxylic acids is 2. The van der Waals surface area contributed by atoms with E-state index in [0.717, 1.165) is 10.5 Å². The van der Waals surface area contributed by atoms with Crippen molar-refractivity contribution >= 4 is 27.5 Å². The van der Waals surface area contributed by atoms with Gasteiger partial charge in [-0.05, 0) is 36.4 Å². The second kappa shape index (κ2) is 9.68. The molecule has 2 amide bonds. The van der Waals surface area contributed by atoms with Crippen LogP contribution in [0.25, 0.3) is 11.5 Å². The third kappa shape index (κ3) is 4.88. The molecule has 11 heteroatoms. The number of hydrogen-bond donors (Lipinski definition) is 0. The number of hydrogen-bond acceptors (Lipinski definition) is 8. The normalized spacial score (nSPS) is 17.9. The lowest BCUT2D eigenvalue weighted by Gasteiger charge is -2.33. The van der Waals surface area contributed by atoms with Crippen molar-refractivity contribution in [2.24, 2.45) is 0 Å². The van der Waals surface area contributed by atoms with Crippen molar-refractivity contribution in [3.05, 3.63) is 60.5 Å². The maximum atomic E-state index is 13.1. The van der Waals surface area contributed by atoms with Crippen LogP contribution >= 0.6 is 0 Å². The first-order valence-corrected chi connectivity index (χ1v) is 12.9. The summed E-state index contributed by atoms with van der Waals surface area (Å²) in [6.45, 7) is 2.61. The van der Waals surface area contributed by atoms with E-state index in [9.17, 15) is 18.0 Å². The van der Waals surface area contributed by atoms with Gasteiger partial charge in [-0.3, -0.25) is 14.5 Å². The molecule has 182 valence electrons. The van der Waals surface area contributed by atoms with Crippen molar-refractivity contribution in [1.29, 1.82) is 0 Å². The molecule has 2 aliphatic rings. The molecule has 0 bridgehead atoms. The standard InChI is InChI=1S/C24H25N5O5S/c30-22-10-11-23(31)29(22)19-6-8-20(9-7-19)35(32,33)28-16-14-27(15-17-28)13-12-21-25-26-24(34-21)18-4-2-1-3-5-18/h1-9H,10-17H2. The summed E-state index contributed by atoms with van der Waals surface area (Å²) < 4.78 is 33.4. The van der Waals surface area contributed by atoms with Crippen LogP contribution in [0.4, 0.5) is 5.69 Å². The lowest BCUT2D eigenvalue weighted by Crippen LogP contribution is -2.49. The Kier molecular flexibility index (Phi) is 6.46. The minimum absolute atomic E-state index is 0.146. The number of amides is 2. The minimum Gasteiger partial charge on any atom is -0.421 e. The lowest BCUT2D eigenvalue weighted by atomic mass is 10.2. The summed E-state index contributed by atoms with van der Waals surface area (Å²) in [6, 6.07) is 15.5. The molecule has 5 rings (SSSR count). The van der Waals surface area contributed by atoms with Crippen molar-refractivity contribution in [3.8, 4) is 11.5 Å². The van der Waals surface area contributed by atoms with Gasteiger partial charge in [0.25, 0.3) is 0 Å². The number of imide groups is 1. The number of carbonyl (C=O) groups is 2. The van der Waals surface area contributed by atoms with E-state index in [1.807, 2.05) is 30.3 Å². The third-order valence-corrected chi connectivity index (χ3v) is 8.16. The Hall–Kier alpha value is -3.41. The molecule has 2 fully saturated rings. The van der Waals surface area contributed by atoms with E-state index in [2.05, 4.69) is 15.1 Å². The molecule has 1 aromatic heterocycles. The van der Waals surface area contributed by atoms with Gasteiger partial charge in [0.15, 0.2) is 0 Å². The topological polar surface area (TPSA) is 117 Å². The summed E-state index contributed by atoms with van der Waals surface area (Å²) in [7, 11) is -3.67. The van der Waals surface area contributed by atoms with Crippen LogP contribution in [0.1, 0.15) is 18.7 Å². The first-order chi connectivity index (χ1) is 16.9. The van der Waals surface area contributed by atoms with E-state index in [1.165, 1.54) is 28.6 Å². The molecule has 0 radical (unpaired) electrons. The molecule has 10 nitrogen and oxygen atoms in total. The Morgan fingerprint density at radius 3 is 2.14 bits per heavy atom. The van der Waals surface area contributed by atoms with Crippen LogP contribution in [0.15, 0.2) is 63.9 Å². The van der Waals surface area contributed by atoms with E-state index in [4.69, 9.17) is 4.42 Å². The van der Waals surface area contributed by atoms with E-state index in [-0.39, 0.29) is 29.6 Å². The summed E-state index contributed by atoms with van der Waals surface area (Å²) in [5.74, 6) is 0.507. The molecule has 0 unspecified atom stereocenters. The molecular weight excluding hydrogens is 470 g/mol. The van der Waals surface area contributed by atoms with E-state index >= 15 is 0 Å². The van der Waals surface area contributed by atoms with Crippen LogP contribution in [0, 0.1) is 0 Å². The molecule has 2 aliphatic heterocycles. The zero-order valence-electron chi connectivity index (χ0n) is 19.0. The Labute approximate surface area is 203 Å². The number of sulfonamides is 1. The van der Waals surface area contributed by atoms with Crippen LogP contribution in [0.2, 0.25) is 0 Å². The SMILES string of the molecule is O=C1CCC(=O)N1c1ccc(S(=O)(=O)N2CCN(CCc3nnc(-c4ccccc4)o3)CC2)cc1.